The lowest BCUT2D eigenvalue weighted by Crippen LogP contribution is -2.44. The molecule has 3 aliphatic carbocycles. The van der Waals surface area contributed by atoms with Crippen LogP contribution in [0.2, 0.25) is 0 Å². The van der Waals surface area contributed by atoms with E-state index in [1.807, 2.05) is 13.8 Å². The van der Waals surface area contributed by atoms with Crippen LogP contribution in [0.1, 0.15) is 76.3 Å². The Balaban J connectivity index is 0.000000902. The fraction of sp³-hybridized carbons (Fsp3) is 0.355. The van der Waals surface area contributed by atoms with Crippen molar-refractivity contribution < 1.29 is 0 Å². The zero-order valence-corrected chi connectivity index (χ0v) is 19.9. The minimum Gasteiger partial charge on any atom is -0.0683 e. The number of benzene rings is 4. The molecule has 0 aromatic heterocycles. The second kappa shape index (κ2) is 5.60. The van der Waals surface area contributed by atoms with E-state index in [1.165, 1.54) is 38.2 Å². The molecule has 4 aromatic rings. The maximum absolute atomic E-state index is 2.53. The first kappa shape index (κ1) is 19.1. The minimum absolute atomic E-state index is 0.00973. The molecule has 0 aliphatic heterocycles. The largest absolute Gasteiger partial charge is 0.0683 e. The van der Waals surface area contributed by atoms with E-state index in [2.05, 4.69) is 89.2 Å². The Morgan fingerprint density at radius 3 is 2.13 bits per heavy atom. The second-order valence-corrected chi connectivity index (χ2v) is 10.8. The van der Waals surface area contributed by atoms with Gasteiger partial charge in [-0.15, -0.1) is 0 Å². The lowest BCUT2D eigenvalue weighted by atomic mass is 9.58. The molecule has 0 saturated carbocycles. The Hall–Kier alpha value is -2.60. The predicted octanol–water partition coefficient (Wildman–Crippen LogP) is 7.43. The van der Waals surface area contributed by atoms with Crippen LogP contribution < -0.4 is 5.22 Å². The molecule has 31 heavy (non-hydrogen) atoms. The van der Waals surface area contributed by atoms with E-state index in [1.54, 1.807) is 21.9 Å². The van der Waals surface area contributed by atoms with Gasteiger partial charge in [-0.05, 0) is 72.6 Å². The first-order valence-electron chi connectivity index (χ1n) is 11.9. The minimum atomic E-state index is 0.00973. The summed E-state index contributed by atoms with van der Waals surface area (Å²) in [5.74, 6) is 0. The molecule has 0 bridgehead atoms. The van der Waals surface area contributed by atoms with Gasteiger partial charge in [0, 0.05) is 16.2 Å². The molecule has 7 rings (SSSR count). The van der Waals surface area contributed by atoms with Crippen molar-refractivity contribution in [3.8, 4) is 0 Å². The average Bonchev–Trinajstić information content (AvgIpc) is 2.94. The Kier molecular flexibility index (Phi) is 3.45. The van der Waals surface area contributed by atoms with Crippen molar-refractivity contribution in [1.82, 2.24) is 0 Å². The Labute approximate surface area is 186 Å². The molecule has 4 aromatic carbocycles. The summed E-state index contributed by atoms with van der Waals surface area (Å²) in [7, 11) is 0. The van der Waals surface area contributed by atoms with Crippen LogP contribution in [0.4, 0.5) is 0 Å². The van der Waals surface area contributed by atoms with Gasteiger partial charge in [0.2, 0.25) is 0 Å². The van der Waals surface area contributed by atoms with Gasteiger partial charge in [-0.2, -0.15) is 0 Å². The standard InChI is InChI=1S/C29H26.C2H6/c1-27(2)19-10-7-11-20-24(19)26-25-21(27)14-17-9-6-8-16-12-13-18(23(25)22(16)17)15-29(26,5)28(20,3)4;1-2/h6-14H,15H2,1-5H3;1-2H3. The van der Waals surface area contributed by atoms with Crippen molar-refractivity contribution >= 4 is 27.1 Å². The fourth-order valence-electron chi connectivity index (χ4n) is 7.10. The fourth-order valence-corrected chi connectivity index (χ4v) is 7.10. The molecule has 0 radical (unpaired) electrons. The van der Waals surface area contributed by atoms with Crippen molar-refractivity contribution in [3.05, 3.63) is 87.6 Å². The molecule has 0 saturated heterocycles. The molecule has 0 heteroatoms. The van der Waals surface area contributed by atoms with Gasteiger partial charge >= 0.3 is 0 Å². The lowest BCUT2D eigenvalue weighted by molar-refractivity contribution is 0.266. The average molecular weight is 405 g/mol. The summed E-state index contributed by atoms with van der Waals surface area (Å²) in [6, 6.07) is 21.2. The third-order valence-corrected chi connectivity index (χ3v) is 9.04. The SMILES string of the molecule is CC.CC1(C)c2cccc3c2C2=c4c1cc1cccc5ccc(c4c51)CC2(C)C3(C)C. The Morgan fingerprint density at radius 2 is 1.35 bits per heavy atom. The smallest absolute Gasteiger partial charge is 0.0159 e. The molecule has 0 fully saturated rings. The second-order valence-electron chi connectivity index (χ2n) is 10.8. The molecule has 0 nitrogen and oxygen atoms in total. The van der Waals surface area contributed by atoms with Gasteiger partial charge in [-0.25, -0.2) is 0 Å². The van der Waals surface area contributed by atoms with E-state index >= 15 is 0 Å². The summed E-state index contributed by atoms with van der Waals surface area (Å²) in [5.41, 5.74) is 9.59. The molecule has 1 atom stereocenters. The van der Waals surface area contributed by atoms with Crippen LogP contribution in [0.25, 0.3) is 27.1 Å². The van der Waals surface area contributed by atoms with E-state index < -0.39 is 0 Å². The van der Waals surface area contributed by atoms with Gasteiger partial charge < -0.3 is 0 Å². The van der Waals surface area contributed by atoms with E-state index in [0.29, 0.717) is 0 Å². The highest BCUT2D eigenvalue weighted by atomic mass is 14.6. The van der Waals surface area contributed by atoms with Crippen LogP contribution in [-0.2, 0) is 17.3 Å². The Bertz CT molecular complexity index is 1480. The van der Waals surface area contributed by atoms with Crippen LogP contribution in [0, 0.1) is 5.41 Å². The zero-order valence-electron chi connectivity index (χ0n) is 19.9. The number of hydrogen-bond donors (Lipinski definition) is 0. The maximum Gasteiger partial charge on any atom is 0.0159 e. The van der Waals surface area contributed by atoms with E-state index in [4.69, 9.17) is 0 Å². The summed E-state index contributed by atoms with van der Waals surface area (Å²) in [4.78, 5) is 0. The molecule has 0 N–H and O–H groups in total. The topological polar surface area (TPSA) is 0 Å². The predicted molar refractivity (Wildman–Crippen MR) is 134 cm³/mol. The van der Waals surface area contributed by atoms with E-state index in [-0.39, 0.29) is 16.2 Å². The van der Waals surface area contributed by atoms with Gasteiger partial charge in [-0.1, -0.05) is 97.0 Å². The molecule has 0 spiro atoms. The molecular weight excluding hydrogens is 372 g/mol. The molecular formula is C31H32. The first-order chi connectivity index (χ1) is 14.8. The van der Waals surface area contributed by atoms with Crippen molar-refractivity contribution in [2.24, 2.45) is 5.41 Å². The van der Waals surface area contributed by atoms with Gasteiger partial charge in [0.25, 0.3) is 0 Å². The summed E-state index contributed by atoms with van der Waals surface area (Å²) in [5, 5.41) is 7.34. The highest BCUT2D eigenvalue weighted by molar-refractivity contribution is 6.14. The molecule has 0 amide bonds. The first-order valence-corrected chi connectivity index (χ1v) is 11.9. The van der Waals surface area contributed by atoms with Crippen LogP contribution in [0.5, 0.6) is 0 Å². The third kappa shape index (κ3) is 1.90. The maximum atomic E-state index is 2.53. The van der Waals surface area contributed by atoms with Gasteiger partial charge in [-0.3, -0.25) is 0 Å². The Morgan fingerprint density at radius 1 is 0.677 bits per heavy atom. The zero-order chi connectivity index (χ0) is 21.9. The monoisotopic (exact) mass is 404 g/mol. The molecule has 156 valence electrons. The summed E-state index contributed by atoms with van der Waals surface area (Å²) in [6.07, 6.45) is 1.13. The highest BCUT2D eigenvalue weighted by Crippen LogP contribution is 2.63. The number of hydrogen-bond acceptors (Lipinski definition) is 0. The summed E-state index contributed by atoms with van der Waals surface area (Å²) >= 11 is 0. The van der Waals surface area contributed by atoms with E-state index in [0.717, 1.165) is 6.42 Å². The molecule has 1 unspecified atom stereocenters. The van der Waals surface area contributed by atoms with E-state index in [9.17, 15) is 0 Å². The molecule has 3 aliphatic rings. The summed E-state index contributed by atoms with van der Waals surface area (Å²) in [6.45, 7) is 16.4. The van der Waals surface area contributed by atoms with Gasteiger partial charge in [0.05, 0.1) is 0 Å². The summed E-state index contributed by atoms with van der Waals surface area (Å²) < 4.78 is 0. The lowest BCUT2D eigenvalue weighted by Gasteiger charge is -2.44. The van der Waals surface area contributed by atoms with Gasteiger partial charge in [0.15, 0.2) is 0 Å². The normalized spacial score (nSPS) is 23.1. The third-order valence-electron chi connectivity index (χ3n) is 9.04. The highest BCUT2D eigenvalue weighted by Gasteiger charge is 2.57. The molecule has 0 heterocycles. The van der Waals surface area contributed by atoms with Crippen LogP contribution in [0.15, 0.2) is 54.6 Å². The van der Waals surface area contributed by atoms with Crippen molar-refractivity contribution in [1.29, 1.82) is 0 Å². The van der Waals surface area contributed by atoms with Crippen LogP contribution >= 0.6 is 0 Å². The van der Waals surface area contributed by atoms with Crippen molar-refractivity contribution in [2.75, 3.05) is 0 Å². The van der Waals surface area contributed by atoms with Crippen molar-refractivity contribution in [3.63, 3.8) is 0 Å². The van der Waals surface area contributed by atoms with Crippen molar-refractivity contribution in [2.45, 2.75) is 65.7 Å². The number of rotatable bonds is 0. The van der Waals surface area contributed by atoms with Gasteiger partial charge in [0.1, 0.15) is 0 Å². The quantitative estimate of drug-likeness (QED) is 0.286. The van der Waals surface area contributed by atoms with Crippen LogP contribution in [-0.4, -0.2) is 0 Å². The van der Waals surface area contributed by atoms with Crippen LogP contribution in [0.3, 0.4) is 0 Å².